The first-order valence-corrected chi connectivity index (χ1v) is 12.8. The van der Waals surface area contributed by atoms with Crippen molar-refractivity contribution in [3.8, 4) is 5.75 Å². The lowest BCUT2D eigenvalue weighted by atomic mass is 10.0. The average molecular weight is 521 g/mol. The minimum Gasteiger partial charge on any atom is -0.495 e. The second-order valence-corrected chi connectivity index (χ2v) is 10.6. The minimum absolute atomic E-state index is 0.0344. The third-order valence-corrected chi connectivity index (χ3v) is 7.28. The second-order valence-electron chi connectivity index (χ2n) is 8.04. The number of carbonyl (C=O) groups is 1. The van der Waals surface area contributed by atoms with E-state index in [0.29, 0.717) is 5.02 Å². The van der Waals surface area contributed by atoms with E-state index in [2.05, 4.69) is 10.0 Å². The SMILES string of the molecule is COc1ccc(C(C)C)cc1S(=O)(=O)NC(Cc1ccccc1)C(=O)Nc1cc(Cl)ccc1Cl. The van der Waals surface area contributed by atoms with E-state index in [1.165, 1.54) is 13.2 Å². The van der Waals surface area contributed by atoms with Gasteiger partial charge in [-0.3, -0.25) is 4.79 Å². The first-order valence-electron chi connectivity index (χ1n) is 10.6. The molecule has 0 saturated carbocycles. The van der Waals surface area contributed by atoms with Gasteiger partial charge in [-0.15, -0.1) is 0 Å². The Labute approximate surface area is 210 Å². The van der Waals surface area contributed by atoms with E-state index in [0.717, 1.165) is 11.1 Å². The summed E-state index contributed by atoms with van der Waals surface area (Å²) in [6.07, 6.45) is 0.121. The number of hydrogen-bond donors (Lipinski definition) is 2. The van der Waals surface area contributed by atoms with Gasteiger partial charge in [0.25, 0.3) is 0 Å². The number of anilines is 1. The van der Waals surface area contributed by atoms with Crippen molar-refractivity contribution in [2.45, 2.75) is 37.1 Å². The van der Waals surface area contributed by atoms with Gasteiger partial charge in [-0.25, -0.2) is 8.42 Å². The maximum Gasteiger partial charge on any atom is 0.245 e. The zero-order chi connectivity index (χ0) is 24.9. The summed E-state index contributed by atoms with van der Waals surface area (Å²) in [5.74, 6) is -0.280. The first-order chi connectivity index (χ1) is 16.1. The molecular weight excluding hydrogens is 495 g/mol. The van der Waals surface area contributed by atoms with Crippen LogP contribution in [0.5, 0.6) is 5.75 Å². The predicted molar refractivity (Wildman–Crippen MR) is 136 cm³/mol. The van der Waals surface area contributed by atoms with E-state index in [1.54, 1.807) is 24.3 Å². The molecule has 6 nitrogen and oxygen atoms in total. The van der Waals surface area contributed by atoms with Gasteiger partial charge in [-0.05, 0) is 53.8 Å². The lowest BCUT2D eigenvalue weighted by Gasteiger charge is -2.21. The lowest BCUT2D eigenvalue weighted by molar-refractivity contribution is -0.117. The fraction of sp³-hybridized carbons (Fsp3) is 0.240. The van der Waals surface area contributed by atoms with Crippen molar-refractivity contribution in [1.29, 1.82) is 0 Å². The molecule has 0 saturated heterocycles. The number of carbonyl (C=O) groups excluding carboxylic acids is 1. The maximum absolute atomic E-state index is 13.4. The highest BCUT2D eigenvalue weighted by molar-refractivity contribution is 7.89. The van der Waals surface area contributed by atoms with Crippen LogP contribution in [0, 0.1) is 0 Å². The van der Waals surface area contributed by atoms with Gasteiger partial charge in [0.05, 0.1) is 17.8 Å². The summed E-state index contributed by atoms with van der Waals surface area (Å²) in [7, 11) is -2.73. The Morgan fingerprint density at radius 3 is 2.35 bits per heavy atom. The standard InChI is InChI=1S/C25H26Cl2N2O4S/c1-16(2)18-9-12-23(33-3)24(14-18)34(31,32)29-22(13-17-7-5-4-6-8-17)25(30)28-21-15-19(26)10-11-20(21)27/h4-12,14-16,22,29H,13H2,1-3H3,(H,28,30). The van der Waals surface area contributed by atoms with Gasteiger partial charge in [0.2, 0.25) is 15.9 Å². The molecule has 0 heterocycles. The minimum atomic E-state index is -4.13. The molecule has 34 heavy (non-hydrogen) atoms. The van der Waals surface area contributed by atoms with E-state index >= 15 is 0 Å². The number of ether oxygens (including phenoxy) is 1. The van der Waals surface area contributed by atoms with E-state index in [4.69, 9.17) is 27.9 Å². The van der Waals surface area contributed by atoms with Crippen molar-refractivity contribution in [2.24, 2.45) is 0 Å². The third kappa shape index (κ3) is 6.51. The Morgan fingerprint density at radius 1 is 1.00 bits per heavy atom. The van der Waals surface area contributed by atoms with Crippen molar-refractivity contribution in [3.05, 3.63) is 87.9 Å². The lowest BCUT2D eigenvalue weighted by Crippen LogP contribution is -2.45. The molecule has 0 fully saturated rings. The average Bonchev–Trinajstić information content (AvgIpc) is 2.81. The van der Waals surface area contributed by atoms with Gasteiger partial charge in [-0.1, -0.05) is 73.4 Å². The number of nitrogens with one attached hydrogen (secondary N) is 2. The number of sulfonamides is 1. The van der Waals surface area contributed by atoms with Crippen LogP contribution in [0.3, 0.4) is 0 Å². The Bertz CT molecular complexity index is 1270. The van der Waals surface area contributed by atoms with Crippen LogP contribution in [0.1, 0.15) is 30.9 Å². The molecule has 0 radical (unpaired) electrons. The van der Waals surface area contributed by atoms with Crippen LogP contribution in [0.2, 0.25) is 10.0 Å². The Balaban J connectivity index is 1.97. The van der Waals surface area contributed by atoms with Crippen molar-refractivity contribution < 1.29 is 17.9 Å². The molecule has 1 atom stereocenters. The van der Waals surface area contributed by atoms with Crippen LogP contribution >= 0.6 is 23.2 Å². The number of methoxy groups -OCH3 is 1. The molecule has 0 aliphatic rings. The first kappa shape index (κ1) is 26.0. The van der Waals surface area contributed by atoms with E-state index in [9.17, 15) is 13.2 Å². The third-order valence-electron chi connectivity index (χ3n) is 5.23. The quantitative estimate of drug-likeness (QED) is 0.381. The van der Waals surface area contributed by atoms with Crippen LogP contribution in [0.4, 0.5) is 5.69 Å². The van der Waals surface area contributed by atoms with Crippen LogP contribution in [0.25, 0.3) is 0 Å². The molecule has 0 aliphatic carbocycles. The van der Waals surface area contributed by atoms with Gasteiger partial charge in [-0.2, -0.15) is 4.72 Å². The molecule has 3 aromatic carbocycles. The molecule has 3 aromatic rings. The summed E-state index contributed by atoms with van der Waals surface area (Å²) >= 11 is 12.2. The zero-order valence-electron chi connectivity index (χ0n) is 19.0. The highest BCUT2D eigenvalue weighted by atomic mass is 35.5. The fourth-order valence-corrected chi connectivity index (χ4v) is 5.10. The maximum atomic E-state index is 13.4. The van der Waals surface area contributed by atoms with Gasteiger partial charge in [0.1, 0.15) is 16.7 Å². The molecular formula is C25H26Cl2N2O4S. The van der Waals surface area contributed by atoms with Gasteiger partial charge < -0.3 is 10.1 Å². The van der Waals surface area contributed by atoms with E-state index in [1.807, 2.05) is 50.2 Å². The van der Waals surface area contributed by atoms with Crippen molar-refractivity contribution in [3.63, 3.8) is 0 Å². The molecule has 3 rings (SSSR count). The van der Waals surface area contributed by atoms with Gasteiger partial charge in [0, 0.05) is 5.02 Å². The summed E-state index contributed by atoms with van der Waals surface area (Å²) in [5, 5.41) is 3.36. The van der Waals surface area contributed by atoms with Gasteiger partial charge in [0.15, 0.2) is 0 Å². The summed E-state index contributed by atoms with van der Waals surface area (Å²) in [5.41, 5.74) is 1.90. The Hall–Kier alpha value is -2.58. The van der Waals surface area contributed by atoms with Gasteiger partial charge >= 0.3 is 0 Å². The molecule has 1 amide bonds. The number of amides is 1. The molecule has 9 heteroatoms. The summed E-state index contributed by atoms with van der Waals surface area (Å²) in [6, 6.07) is 17.6. The van der Waals surface area contributed by atoms with Crippen LogP contribution in [-0.2, 0) is 21.2 Å². The second kappa shape index (κ2) is 11.2. The Morgan fingerprint density at radius 2 is 1.71 bits per heavy atom. The predicted octanol–water partition coefficient (Wildman–Crippen LogP) is 5.65. The highest BCUT2D eigenvalue weighted by Gasteiger charge is 2.29. The summed E-state index contributed by atoms with van der Waals surface area (Å²) < 4.78 is 34.8. The molecule has 180 valence electrons. The summed E-state index contributed by atoms with van der Waals surface area (Å²) in [6.45, 7) is 3.93. The monoisotopic (exact) mass is 520 g/mol. The smallest absolute Gasteiger partial charge is 0.245 e. The van der Waals surface area contributed by atoms with E-state index < -0.39 is 22.0 Å². The number of rotatable bonds is 9. The largest absolute Gasteiger partial charge is 0.495 e. The molecule has 0 aliphatic heterocycles. The van der Waals surface area contributed by atoms with Crippen LogP contribution < -0.4 is 14.8 Å². The van der Waals surface area contributed by atoms with Crippen molar-refractivity contribution in [1.82, 2.24) is 4.72 Å². The molecule has 0 spiro atoms. The molecule has 0 aromatic heterocycles. The van der Waals surface area contributed by atoms with Crippen molar-refractivity contribution in [2.75, 3.05) is 12.4 Å². The summed E-state index contributed by atoms with van der Waals surface area (Å²) in [4.78, 5) is 13.2. The Kier molecular flexibility index (Phi) is 8.60. The highest BCUT2D eigenvalue weighted by Crippen LogP contribution is 2.29. The number of halogens is 2. The molecule has 2 N–H and O–H groups in total. The number of benzene rings is 3. The number of hydrogen-bond acceptors (Lipinski definition) is 4. The molecule has 0 bridgehead atoms. The zero-order valence-corrected chi connectivity index (χ0v) is 21.3. The van der Waals surface area contributed by atoms with Crippen LogP contribution in [-0.4, -0.2) is 27.5 Å². The topological polar surface area (TPSA) is 84.5 Å². The molecule has 1 unspecified atom stereocenters. The van der Waals surface area contributed by atoms with Crippen LogP contribution in [0.15, 0.2) is 71.6 Å². The van der Waals surface area contributed by atoms with E-state index in [-0.39, 0.29) is 33.7 Å². The normalized spacial score (nSPS) is 12.4. The fourth-order valence-electron chi connectivity index (χ4n) is 3.36. The van der Waals surface area contributed by atoms with Crippen molar-refractivity contribution >= 4 is 44.8 Å².